The standard InChI is InChI=1S/C9H15NO2S/c11-9(10-6-1-2-7-10)13(12)8-4-3-5-8/h8H,1-7H2. The van der Waals surface area contributed by atoms with Crippen molar-refractivity contribution in [3.05, 3.63) is 0 Å². The van der Waals surface area contributed by atoms with Crippen molar-refractivity contribution in [3.63, 3.8) is 0 Å². The summed E-state index contributed by atoms with van der Waals surface area (Å²) < 4.78 is 11.6. The topological polar surface area (TPSA) is 43.4 Å². The summed E-state index contributed by atoms with van der Waals surface area (Å²) in [5.41, 5.74) is 0. The predicted octanol–water partition coefficient (Wildman–Crippen LogP) is 1.50. The van der Waals surface area contributed by atoms with Crippen LogP contribution in [0, 0.1) is 0 Å². The molecule has 0 aromatic carbocycles. The largest absolute Gasteiger partial charge is 0.607 e. The molecule has 1 heterocycles. The maximum absolute atomic E-state index is 11.6. The van der Waals surface area contributed by atoms with E-state index >= 15 is 0 Å². The van der Waals surface area contributed by atoms with Gasteiger partial charge in [0.05, 0.1) is 0 Å². The van der Waals surface area contributed by atoms with E-state index in [1.54, 1.807) is 4.90 Å². The van der Waals surface area contributed by atoms with Crippen LogP contribution in [0.5, 0.6) is 0 Å². The second-order valence-electron chi connectivity index (χ2n) is 3.81. The van der Waals surface area contributed by atoms with Gasteiger partial charge in [-0.15, -0.1) is 0 Å². The highest BCUT2D eigenvalue weighted by Gasteiger charge is 2.38. The summed E-state index contributed by atoms with van der Waals surface area (Å²) in [6.45, 7) is 1.63. The fraction of sp³-hybridized carbons (Fsp3) is 0.889. The van der Waals surface area contributed by atoms with Gasteiger partial charge in [-0.3, -0.25) is 4.90 Å². The van der Waals surface area contributed by atoms with Gasteiger partial charge < -0.3 is 4.55 Å². The Morgan fingerprint density at radius 1 is 1.23 bits per heavy atom. The number of carbonyl (C=O) groups is 1. The van der Waals surface area contributed by atoms with Gasteiger partial charge in [-0.2, -0.15) is 0 Å². The Kier molecular flexibility index (Phi) is 2.79. The number of likely N-dealkylation sites (tertiary alicyclic amines) is 1. The van der Waals surface area contributed by atoms with E-state index in [4.69, 9.17) is 0 Å². The molecule has 0 aromatic heterocycles. The van der Waals surface area contributed by atoms with Gasteiger partial charge in [-0.25, -0.2) is 4.79 Å². The minimum atomic E-state index is -1.23. The van der Waals surface area contributed by atoms with Crippen LogP contribution in [0.4, 0.5) is 4.79 Å². The third kappa shape index (κ3) is 1.83. The van der Waals surface area contributed by atoms with Crippen LogP contribution >= 0.6 is 0 Å². The molecule has 2 rings (SSSR count). The molecule has 1 amide bonds. The van der Waals surface area contributed by atoms with Crippen molar-refractivity contribution in [2.45, 2.75) is 37.4 Å². The van der Waals surface area contributed by atoms with Crippen molar-refractivity contribution >= 4 is 16.4 Å². The number of amides is 1. The molecule has 1 unspecified atom stereocenters. The molecule has 0 aromatic rings. The van der Waals surface area contributed by atoms with Crippen LogP contribution in [-0.2, 0) is 11.2 Å². The maximum atomic E-state index is 11.6. The van der Waals surface area contributed by atoms with Crippen molar-refractivity contribution in [2.75, 3.05) is 13.1 Å². The van der Waals surface area contributed by atoms with Crippen LogP contribution in [0.15, 0.2) is 0 Å². The monoisotopic (exact) mass is 201 g/mol. The van der Waals surface area contributed by atoms with Crippen LogP contribution < -0.4 is 0 Å². The van der Waals surface area contributed by atoms with Crippen molar-refractivity contribution in [2.24, 2.45) is 0 Å². The Balaban J connectivity index is 1.87. The highest BCUT2D eigenvalue weighted by atomic mass is 32.2. The van der Waals surface area contributed by atoms with E-state index in [0.29, 0.717) is 0 Å². The number of hydrogen-bond acceptors (Lipinski definition) is 2. The zero-order valence-corrected chi connectivity index (χ0v) is 8.52. The van der Waals surface area contributed by atoms with E-state index < -0.39 is 11.2 Å². The maximum Gasteiger partial charge on any atom is 0.429 e. The molecule has 1 aliphatic heterocycles. The van der Waals surface area contributed by atoms with E-state index in [-0.39, 0.29) is 10.5 Å². The average molecular weight is 201 g/mol. The van der Waals surface area contributed by atoms with Crippen molar-refractivity contribution in [3.8, 4) is 0 Å². The number of hydrogen-bond donors (Lipinski definition) is 0. The van der Waals surface area contributed by atoms with Gasteiger partial charge in [0.1, 0.15) is 5.25 Å². The number of carbonyl (C=O) groups excluding carboxylic acids is 1. The van der Waals surface area contributed by atoms with Gasteiger partial charge in [0.2, 0.25) is 0 Å². The normalized spacial score (nSPS) is 25.8. The summed E-state index contributed by atoms with van der Waals surface area (Å²) in [5, 5.41) is 0.0651. The Hall–Kier alpha value is -0.220. The minimum Gasteiger partial charge on any atom is -0.607 e. The molecule has 0 N–H and O–H groups in total. The molecule has 1 saturated heterocycles. The van der Waals surface area contributed by atoms with Gasteiger partial charge in [0.15, 0.2) is 0 Å². The van der Waals surface area contributed by atoms with Crippen LogP contribution in [0.2, 0.25) is 0 Å². The van der Waals surface area contributed by atoms with E-state index in [1.165, 1.54) is 0 Å². The second-order valence-corrected chi connectivity index (χ2v) is 5.42. The molecule has 0 radical (unpaired) electrons. The Morgan fingerprint density at radius 3 is 2.31 bits per heavy atom. The summed E-state index contributed by atoms with van der Waals surface area (Å²) in [6.07, 6.45) is 5.25. The first kappa shape index (κ1) is 9.34. The van der Waals surface area contributed by atoms with Crippen molar-refractivity contribution in [1.82, 2.24) is 4.90 Å². The Labute approximate surface area is 81.7 Å². The summed E-state index contributed by atoms with van der Waals surface area (Å²) in [5.74, 6) is 0. The molecule has 1 atom stereocenters. The molecule has 2 fully saturated rings. The van der Waals surface area contributed by atoms with Gasteiger partial charge in [0.25, 0.3) is 0 Å². The second kappa shape index (κ2) is 3.88. The first-order chi connectivity index (χ1) is 6.29. The van der Waals surface area contributed by atoms with E-state index in [1.807, 2.05) is 0 Å². The summed E-state index contributed by atoms with van der Waals surface area (Å²) in [7, 11) is 0. The molecule has 74 valence electrons. The third-order valence-corrected chi connectivity index (χ3v) is 4.57. The highest BCUT2D eigenvalue weighted by molar-refractivity contribution is 8.06. The molecular weight excluding hydrogens is 186 g/mol. The van der Waals surface area contributed by atoms with E-state index in [2.05, 4.69) is 0 Å². The molecule has 0 spiro atoms. The lowest BCUT2D eigenvalue weighted by molar-refractivity contribution is 0.230. The SMILES string of the molecule is O=C(N1CCCC1)[S+]([O-])C1CCC1. The highest BCUT2D eigenvalue weighted by Crippen LogP contribution is 2.28. The zero-order chi connectivity index (χ0) is 9.26. The van der Waals surface area contributed by atoms with Gasteiger partial charge >= 0.3 is 5.24 Å². The third-order valence-electron chi connectivity index (χ3n) is 2.89. The lowest BCUT2D eigenvalue weighted by Crippen LogP contribution is -2.41. The lowest BCUT2D eigenvalue weighted by atomic mass is 10.0. The average Bonchev–Trinajstić information content (AvgIpc) is 2.51. The van der Waals surface area contributed by atoms with E-state index in [0.717, 1.165) is 45.2 Å². The number of nitrogens with zero attached hydrogens (tertiary/aromatic N) is 1. The van der Waals surface area contributed by atoms with Gasteiger partial charge in [-0.1, -0.05) is 0 Å². The van der Waals surface area contributed by atoms with E-state index in [9.17, 15) is 9.35 Å². The smallest absolute Gasteiger partial charge is 0.429 e. The van der Waals surface area contributed by atoms with Crippen LogP contribution in [0.3, 0.4) is 0 Å². The quantitative estimate of drug-likeness (QED) is 0.603. The van der Waals surface area contributed by atoms with Crippen LogP contribution in [0.1, 0.15) is 32.1 Å². The first-order valence-corrected chi connectivity index (χ1v) is 6.20. The molecule has 3 nitrogen and oxygen atoms in total. The molecule has 0 bridgehead atoms. The molecule has 4 heteroatoms. The van der Waals surface area contributed by atoms with Crippen molar-refractivity contribution < 1.29 is 9.35 Å². The minimum absolute atomic E-state index is 0.109. The molecular formula is C9H15NO2S. The van der Waals surface area contributed by atoms with Gasteiger partial charge in [0, 0.05) is 24.3 Å². The van der Waals surface area contributed by atoms with Crippen molar-refractivity contribution in [1.29, 1.82) is 0 Å². The Morgan fingerprint density at radius 2 is 1.85 bits per heavy atom. The summed E-state index contributed by atoms with van der Waals surface area (Å²) >= 11 is -1.23. The Bertz CT molecular complexity index is 200. The first-order valence-electron chi connectivity index (χ1n) is 4.98. The fourth-order valence-electron chi connectivity index (χ4n) is 1.75. The van der Waals surface area contributed by atoms with Crippen LogP contribution in [0.25, 0.3) is 0 Å². The van der Waals surface area contributed by atoms with Gasteiger partial charge in [-0.05, 0) is 32.1 Å². The molecule has 1 aliphatic carbocycles. The fourth-order valence-corrected chi connectivity index (χ4v) is 3.24. The molecule has 13 heavy (non-hydrogen) atoms. The molecule has 1 saturated carbocycles. The number of rotatable bonds is 1. The predicted molar refractivity (Wildman–Crippen MR) is 52.0 cm³/mol. The molecule has 2 aliphatic rings. The lowest BCUT2D eigenvalue weighted by Gasteiger charge is -2.28. The summed E-state index contributed by atoms with van der Waals surface area (Å²) in [4.78, 5) is 13.4. The summed E-state index contributed by atoms with van der Waals surface area (Å²) in [6, 6.07) is 0. The zero-order valence-electron chi connectivity index (χ0n) is 7.70. The van der Waals surface area contributed by atoms with Crippen LogP contribution in [-0.4, -0.2) is 33.0 Å².